The summed E-state index contributed by atoms with van der Waals surface area (Å²) in [6, 6.07) is 18.1. The van der Waals surface area contributed by atoms with Crippen LogP contribution in [-0.2, 0) is 0 Å². The van der Waals surface area contributed by atoms with Crippen molar-refractivity contribution in [3.63, 3.8) is 0 Å². The highest BCUT2D eigenvalue weighted by molar-refractivity contribution is 6.30. The molecule has 0 fully saturated rings. The first kappa shape index (κ1) is 22.8. The van der Waals surface area contributed by atoms with Gasteiger partial charge in [-0.25, -0.2) is 10.2 Å². The molecule has 0 aliphatic carbocycles. The van der Waals surface area contributed by atoms with Crippen molar-refractivity contribution in [3.05, 3.63) is 88.4 Å². The lowest BCUT2D eigenvalue weighted by Crippen LogP contribution is -2.17. The molecule has 1 N–H and O–H groups in total. The second kappa shape index (κ2) is 11.0. The van der Waals surface area contributed by atoms with E-state index in [2.05, 4.69) is 10.5 Å². The SMILES string of the molecule is CCOc1cc(/C=N/NC(=O)c2cccc(Cl)c2)ccc1OC(=O)c1ccc(OC)cc1. The van der Waals surface area contributed by atoms with E-state index in [1.807, 2.05) is 6.92 Å². The molecule has 0 atom stereocenters. The monoisotopic (exact) mass is 452 g/mol. The Morgan fingerprint density at radius 3 is 2.47 bits per heavy atom. The van der Waals surface area contributed by atoms with Gasteiger partial charge in [-0.2, -0.15) is 5.10 Å². The Kier molecular flexibility index (Phi) is 7.83. The van der Waals surface area contributed by atoms with Crippen molar-refractivity contribution in [2.75, 3.05) is 13.7 Å². The van der Waals surface area contributed by atoms with Crippen molar-refractivity contribution in [3.8, 4) is 17.2 Å². The van der Waals surface area contributed by atoms with Crippen LogP contribution in [0.4, 0.5) is 0 Å². The fourth-order valence-electron chi connectivity index (χ4n) is 2.70. The van der Waals surface area contributed by atoms with Gasteiger partial charge in [0.2, 0.25) is 0 Å². The fourth-order valence-corrected chi connectivity index (χ4v) is 2.89. The first-order chi connectivity index (χ1) is 15.5. The predicted molar refractivity (Wildman–Crippen MR) is 122 cm³/mol. The number of rotatable bonds is 8. The number of esters is 1. The molecule has 0 radical (unpaired) electrons. The van der Waals surface area contributed by atoms with Gasteiger partial charge >= 0.3 is 5.97 Å². The summed E-state index contributed by atoms with van der Waals surface area (Å²) in [5, 5.41) is 4.42. The summed E-state index contributed by atoms with van der Waals surface area (Å²) < 4.78 is 16.2. The van der Waals surface area contributed by atoms with Gasteiger partial charge in [-0.15, -0.1) is 0 Å². The Hall–Kier alpha value is -3.84. The van der Waals surface area contributed by atoms with E-state index in [9.17, 15) is 9.59 Å². The van der Waals surface area contributed by atoms with Crippen LogP contribution in [0.2, 0.25) is 5.02 Å². The Morgan fingerprint density at radius 1 is 1.00 bits per heavy atom. The minimum absolute atomic E-state index is 0.271. The summed E-state index contributed by atoms with van der Waals surface area (Å²) in [4.78, 5) is 24.6. The molecule has 164 valence electrons. The molecule has 0 heterocycles. The third kappa shape index (κ3) is 6.09. The van der Waals surface area contributed by atoms with Crippen LogP contribution < -0.4 is 19.6 Å². The maximum absolute atomic E-state index is 12.5. The Bertz CT molecular complexity index is 1130. The standard InChI is InChI=1S/C24H21ClN2O5/c1-3-31-22-13-16(15-26-27-23(28)18-5-4-6-19(25)14-18)7-12-21(22)32-24(29)17-8-10-20(30-2)11-9-17/h4-15H,3H2,1-2H3,(H,27,28)/b26-15+. The van der Waals surface area contributed by atoms with Gasteiger partial charge in [0, 0.05) is 10.6 Å². The lowest BCUT2D eigenvalue weighted by molar-refractivity contribution is 0.0728. The van der Waals surface area contributed by atoms with Gasteiger partial charge in [-0.3, -0.25) is 4.79 Å². The maximum atomic E-state index is 12.5. The molecular weight excluding hydrogens is 432 g/mol. The quantitative estimate of drug-likeness (QED) is 0.231. The molecule has 1 amide bonds. The summed E-state index contributed by atoms with van der Waals surface area (Å²) in [6.45, 7) is 2.19. The number of hydrogen-bond acceptors (Lipinski definition) is 6. The molecule has 8 heteroatoms. The minimum Gasteiger partial charge on any atom is -0.497 e. The summed E-state index contributed by atoms with van der Waals surface area (Å²) in [7, 11) is 1.55. The molecule has 0 saturated carbocycles. The van der Waals surface area contributed by atoms with Gasteiger partial charge in [0.1, 0.15) is 5.75 Å². The maximum Gasteiger partial charge on any atom is 0.343 e. The molecule has 3 aromatic rings. The minimum atomic E-state index is -0.524. The van der Waals surface area contributed by atoms with Gasteiger partial charge in [-0.05, 0) is 73.2 Å². The van der Waals surface area contributed by atoms with E-state index in [1.165, 1.54) is 6.21 Å². The molecule has 0 aromatic heterocycles. The number of hydrogen-bond donors (Lipinski definition) is 1. The van der Waals surface area contributed by atoms with Crippen LogP contribution in [0.3, 0.4) is 0 Å². The van der Waals surface area contributed by atoms with Crippen LogP contribution in [0.15, 0.2) is 71.8 Å². The number of nitrogens with zero attached hydrogens (tertiary/aromatic N) is 1. The van der Waals surface area contributed by atoms with Crippen LogP contribution in [0.25, 0.3) is 0 Å². The zero-order valence-corrected chi connectivity index (χ0v) is 18.3. The van der Waals surface area contributed by atoms with Crippen molar-refractivity contribution in [1.29, 1.82) is 0 Å². The van der Waals surface area contributed by atoms with Gasteiger partial charge in [0.15, 0.2) is 11.5 Å². The van der Waals surface area contributed by atoms with Crippen LogP contribution in [-0.4, -0.2) is 31.8 Å². The smallest absolute Gasteiger partial charge is 0.343 e. The summed E-state index contributed by atoms with van der Waals surface area (Å²) in [5.74, 6) is 0.373. The number of nitrogens with one attached hydrogen (secondary N) is 1. The lowest BCUT2D eigenvalue weighted by atomic mass is 10.2. The molecular formula is C24H21ClN2O5. The molecule has 0 unspecified atom stereocenters. The number of carbonyl (C=O) groups excluding carboxylic acids is 2. The number of halogens is 1. The van der Waals surface area contributed by atoms with E-state index in [4.69, 9.17) is 25.8 Å². The molecule has 7 nitrogen and oxygen atoms in total. The summed E-state index contributed by atoms with van der Waals surface area (Å²) >= 11 is 5.90. The Labute approximate surface area is 190 Å². The molecule has 3 aromatic carbocycles. The molecule has 0 bridgehead atoms. The third-order valence-corrected chi connectivity index (χ3v) is 4.50. The van der Waals surface area contributed by atoms with Crippen LogP contribution in [0.5, 0.6) is 17.2 Å². The van der Waals surface area contributed by atoms with E-state index in [0.717, 1.165) is 0 Å². The second-order valence-electron chi connectivity index (χ2n) is 6.47. The molecule has 0 saturated heterocycles. The van der Waals surface area contributed by atoms with Crippen LogP contribution in [0, 0.1) is 0 Å². The fraction of sp³-hybridized carbons (Fsp3) is 0.125. The lowest BCUT2D eigenvalue weighted by Gasteiger charge is -2.11. The number of ether oxygens (including phenoxy) is 3. The van der Waals surface area contributed by atoms with Gasteiger partial charge < -0.3 is 14.2 Å². The number of methoxy groups -OCH3 is 1. The predicted octanol–water partition coefficient (Wildman–Crippen LogP) is 4.73. The highest BCUT2D eigenvalue weighted by atomic mass is 35.5. The van der Waals surface area contributed by atoms with E-state index < -0.39 is 5.97 Å². The number of amides is 1. The molecule has 0 aliphatic heterocycles. The van der Waals surface area contributed by atoms with Gasteiger partial charge in [0.25, 0.3) is 5.91 Å². The van der Waals surface area contributed by atoms with Crippen molar-refractivity contribution in [2.24, 2.45) is 5.10 Å². The third-order valence-electron chi connectivity index (χ3n) is 4.26. The average Bonchev–Trinajstić information content (AvgIpc) is 2.80. The molecule has 0 spiro atoms. The first-order valence-corrected chi connectivity index (χ1v) is 10.1. The number of carbonyl (C=O) groups is 2. The zero-order valence-electron chi connectivity index (χ0n) is 17.5. The van der Waals surface area contributed by atoms with E-state index in [1.54, 1.807) is 73.8 Å². The highest BCUT2D eigenvalue weighted by Crippen LogP contribution is 2.29. The molecule has 0 aliphatic rings. The van der Waals surface area contributed by atoms with Crippen molar-refractivity contribution >= 4 is 29.7 Å². The summed E-state index contributed by atoms with van der Waals surface area (Å²) in [5.41, 5.74) is 3.85. The van der Waals surface area contributed by atoms with Crippen molar-refractivity contribution in [1.82, 2.24) is 5.43 Å². The van der Waals surface area contributed by atoms with Crippen molar-refractivity contribution < 1.29 is 23.8 Å². The second-order valence-corrected chi connectivity index (χ2v) is 6.90. The number of hydrazone groups is 1. The Morgan fingerprint density at radius 2 is 1.78 bits per heavy atom. The normalized spacial score (nSPS) is 10.6. The van der Waals surface area contributed by atoms with E-state index >= 15 is 0 Å². The van der Waals surface area contributed by atoms with Crippen molar-refractivity contribution in [2.45, 2.75) is 6.92 Å². The van der Waals surface area contributed by atoms with E-state index in [0.29, 0.717) is 39.8 Å². The van der Waals surface area contributed by atoms with Gasteiger partial charge in [0.05, 0.1) is 25.5 Å². The topological polar surface area (TPSA) is 86.2 Å². The molecule has 32 heavy (non-hydrogen) atoms. The van der Waals surface area contributed by atoms with Crippen LogP contribution >= 0.6 is 11.6 Å². The average molecular weight is 453 g/mol. The summed E-state index contributed by atoms with van der Waals surface area (Å²) in [6.07, 6.45) is 1.46. The van der Waals surface area contributed by atoms with E-state index in [-0.39, 0.29) is 11.7 Å². The molecule has 3 rings (SSSR count). The first-order valence-electron chi connectivity index (χ1n) is 9.72. The Balaban J connectivity index is 1.69. The highest BCUT2D eigenvalue weighted by Gasteiger charge is 2.13. The zero-order chi connectivity index (χ0) is 22.9. The number of benzene rings is 3. The van der Waals surface area contributed by atoms with Crippen LogP contribution in [0.1, 0.15) is 33.2 Å². The largest absolute Gasteiger partial charge is 0.497 e. The van der Waals surface area contributed by atoms with Gasteiger partial charge in [-0.1, -0.05) is 17.7 Å².